The summed E-state index contributed by atoms with van der Waals surface area (Å²) in [6, 6.07) is 5.97. The van der Waals surface area contributed by atoms with Gasteiger partial charge >= 0.3 is 0 Å². The van der Waals surface area contributed by atoms with Crippen molar-refractivity contribution in [1.29, 1.82) is 5.41 Å². The number of halogens is 2. The zero-order valence-electron chi connectivity index (χ0n) is 17.7. The van der Waals surface area contributed by atoms with E-state index in [0.29, 0.717) is 24.5 Å². The number of aromatic nitrogens is 2. The van der Waals surface area contributed by atoms with Crippen LogP contribution in [0.15, 0.2) is 18.2 Å². The largest absolute Gasteiger partial charge is 0.383 e. The molecule has 1 amide bonds. The van der Waals surface area contributed by atoms with Crippen molar-refractivity contribution in [1.82, 2.24) is 20.6 Å². The van der Waals surface area contributed by atoms with E-state index in [1.54, 1.807) is 7.11 Å². The van der Waals surface area contributed by atoms with Crippen LogP contribution in [-0.4, -0.2) is 54.2 Å². The summed E-state index contributed by atoms with van der Waals surface area (Å²) in [7, 11) is 1.58. The van der Waals surface area contributed by atoms with Crippen molar-refractivity contribution in [2.45, 2.75) is 44.7 Å². The molecule has 2 aromatic rings. The number of nitrogens with two attached hydrogens (primary N) is 1. The smallest absolute Gasteiger partial charge is 0.289 e. The van der Waals surface area contributed by atoms with E-state index in [1.165, 1.54) is 0 Å². The summed E-state index contributed by atoms with van der Waals surface area (Å²) >= 11 is 0. The molecular formula is C20H31Cl2N7O2. The maximum Gasteiger partial charge on any atom is 0.289 e. The number of rotatable bonds is 7. The third-order valence-corrected chi connectivity index (χ3v) is 5.08. The summed E-state index contributed by atoms with van der Waals surface area (Å²) in [5.41, 5.74) is 7.36. The van der Waals surface area contributed by atoms with Crippen molar-refractivity contribution in [2.24, 2.45) is 5.73 Å². The lowest BCUT2D eigenvalue weighted by Crippen LogP contribution is -2.50. The van der Waals surface area contributed by atoms with Gasteiger partial charge in [-0.25, -0.2) is 9.97 Å². The van der Waals surface area contributed by atoms with Crippen LogP contribution >= 0.6 is 24.8 Å². The number of ether oxygens (including phenoxy) is 1. The SMILES string of the molecule is COCCNC(=O)c1nc(N[C@H]2CCCC[C@H]2NC(=N)N)c2cc(C)ccc2n1.Cl.Cl. The molecule has 6 N–H and O–H groups in total. The van der Waals surface area contributed by atoms with E-state index >= 15 is 0 Å². The van der Waals surface area contributed by atoms with E-state index in [-0.39, 0.29) is 54.6 Å². The third-order valence-electron chi connectivity index (χ3n) is 5.08. The van der Waals surface area contributed by atoms with Crippen molar-refractivity contribution in [3.05, 3.63) is 29.6 Å². The van der Waals surface area contributed by atoms with E-state index in [2.05, 4.69) is 25.9 Å². The summed E-state index contributed by atoms with van der Waals surface area (Å²) in [6.45, 7) is 2.82. The first kappa shape index (κ1) is 26.7. The van der Waals surface area contributed by atoms with Crippen LogP contribution in [0.3, 0.4) is 0 Å². The fourth-order valence-corrected chi connectivity index (χ4v) is 3.65. The molecule has 1 aliphatic carbocycles. The second kappa shape index (κ2) is 12.5. The molecule has 0 radical (unpaired) electrons. The van der Waals surface area contributed by atoms with Gasteiger partial charge in [-0.15, -0.1) is 24.8 Å². The molecule has 0 aliphatic heterocycles. The molecule has 31 heavy (non-hydrogen) atoms. The molecular weight excluding hydrogens is 441 g/mol. The van der Waals surface area contributed by atoms with Gasteiger partial charge in [-0.3, -0.25) is 10.2 Å². The van der Waals surface area contributed by atoms with Crippen molar-refractivity contribution in [2.75, 3.05) is 25.6 Å². The number of anilines is 1. The number of hydrogen-bond donors (Lipinski definition) is 5. The van der Waals surface area contributed by atoms with Gasteiger partial charge < -0.3 is 26.4 Å². The normalized spacial score (nSPS) is 17.7. The molecule has 3 rings (SSSR count). The number of guanidine groups is 1. The topological polar surface area (TPSA) is 138 Å². The molecule has 1 aromatic carbocycles. The van der Waals surface area contributed by atoms with Crippen LogP contribution in [-0.2, 0) is 4.74 Å². The molecule has 0 unspecified atom stereocenters. The number of aryl methyl sites for hydroxylation is 1. The minimum Gasteiger partial charge on any atom is -0.383 e. The highest BCUT2D eigenvalue weighted by Crippen LogP contribution is 2.26. The van der Waals surface area contributed by atoms with Gasteiger partial charge in [0.05, 0.1) is 12.1 Å². The summed E-state index contributed by atoms with van der Waals surface area (Å²) in [5.74, 6) is 0.365. The Morgan fingerprint density at radius 1 is 1.23 bits per heavy atom. The first-order valence-corrected chi connectivity index (χ1v) is 9.90. The molecule has 11 heteroatoms. The van der Waals surface area contributed by atoms with Crippen LogP contribution in [0, 0.1) is 12.3 Å². The number of carbonyl (C=O) groups excluding carboxylic acids is 1. The van der Waals surface area contributed by atoms with Crippen LogP contribution in [0.2, 0.25) is 0 Å². The maximum absolute atomic E-state index is 12.5. The number of hydrogen-bond acceptors (Lipinski definition) is 6. The number of benzene rings is 1. The van der Waals surface area contributed by atoms with E-state index in [1.807, 2.05) is 25.1 Å². The molecule has 0 bridgehead atoms. The van der Waals surface area contributed by atoms with Gasteiger partial charge in [0.2, 0.25) is 5.82 Å². The lowest BCUT2D eigenvalue weighted by molar-refractivity contribution is 0.0927. The van der Waals surface area contributed by atoms with Gasteiger partial charge in [-0.05, 0) is 31.9 Å². The Morgan fingerprint density at radius 3 is 2.61 bits per heavy atom. The number of nitrogens with one attached hydrogen (secondary N) is 4. The first-order valence-electron chi connectivity index (χ1n) is 9.90. The fourth-order valence-electron chi connectivity index (χ4n) is 3.65. The Labute approximate surface area is 194 Å². The van der Waals surface area contributed by atoms with Gasteiger partial charge in [0, 0.05) is 31.1 Å². The zero-order chi connectivity index (χ0) is 20.8. The number of methoxy groups -OCH3 is 1. The first-order chi connectivity index (χ1) is 14.0. The van der Waals surface area contributed by atoms with E-state index in [4.69, 9.17) is 15.9 Å². The Hall–Kier alpha value is -2.36. The van der Waals surface area contributed by atoms with Crippen LogP contribution in [0.1, 0.15) is 41.9 Å². The third kappa shape index (κ3) is 7.09. The van der Waals surface area contributed by atoms with Gasteiger partial charge in [0.15, 0.2) is 5.96 Å². The average Bonchev–Trinajstić information content (AvgIpc) is 2.69. The average molecular weight is 472 g/mol. The molecule has 1 aliphatic rings. The molecule has 1 fully saturated rings. The van der Waals surface area contributed by atoms with Crippen molar-refractivity contribution >= 4 is 53.4 Å². The summed E-state index contributed by atoms with van der Waals surface area (Å²) in [5, 5.41) is 17.8. The van der Waals surface area contributed by atoms with Crippen LogP contribution in [0.25, 0.3) is 10.9 Å². The Balaban J connectivity index is 0.00000240. The molecule has 172 valence electrons. The monoisotopic (exact) mass is 471 g/mol. The number of fused-ring (bicyclic) bond motifs is 1. The van der Waals surface area contributed by atoms with Gasteiger partial charge in [0.25, 0.3) is 5.91 Å². The van der Waals surface area contributed by atoms with Gasteiger partial charge in [-0.1, -0.05) is 24.5 Å². The number of carbonyl (C=O) groups is 1. The van der Waals surface area contributed by atoms with Gasteiger partial charge in [-0.2, -0.15) is 0 Å². The highest BCUT2D eigenvalue weighted by atomic mass is 35.5. The highest BCUT2D eigenvalue weighted by molar-refractivity contribution is 5.96. The predicted octanol–water partition coefficient (Wildman–Crippen LogP) is 2.36. The van der Waals surface area contributed by atoms with Crippen molar-refractivity contribution < 1.29 is 9.53 Å². The van der Waals surface area contributed by atoms with Crippen molar-refractivity contribution in [3.63, 3.8) is 0 Å². The highest BCUT2D eigenvalue weighted by Gasteiger charge is 2.27. The predicted molar refractivity (Wildman–Crippen MR) is 128 cm³/mol. The van der Waals surface area contributed by atoms with E-state index in [0.717, 1.165) is 36.6 Å². The molecule has 0 spiro atoms. The van der Waals surface area contributed by atoms with Crippen LogP contribution in [0.4, 0.5) is 5.82 Å². The summed E-state index contributed by atoms with van der Waals surface area (Å²) in [6.07, 6.45) is 4.02. The molecule has 0 saturated heterocycles. The number of amides is 1. The lowest BCUT2D eigenvalue weighted by Gasteiger charge is -2.33. The Bertz CT molecular complexity index is 897. The van der Waals surface area contributed by atoms with Crippen molar-refractivity contribution in [3.8, 4) is 0 Å². The molecule has 1 saturated carbocycles. The lowest BCUT2D eigenvalue weighted by atomic mass is 9.90. The van der Waals surface area contributed by atoms with Crippen LogP contribution < -0.4 is 21.7 Å². The molecule has 9 nitrogen and oxygen atoms in total. The summed E-state index contributed by atoms with van der Waals surface area (Å²) in [4.78, 5) is 21.5. The van der Waals surface area contributed by atoms with Gasteiger partial charge in [0.1, 0.15) is 5.82 Å². The molecule has 2 atom stereocenters. The van der Waals surface area contributed by atoms with E-state index < -0.39 is 0 Å². The maximum atomic E-state index is 12.5. The second-order valence-electron chi connectivity index (χ2n) is 7.36. The Morgan fingerprint density at radius 2 is 1.94 bits per heavy atom. The minimum absolute atomic E-state index is 0. The van der Waals surface area contributed by atoms with E-state index in [9.17, 15) is 4.79 Å². The fraction of sp³-hybridized carbons (Fsp3) is 0.500. The standard InChI is InChI=1S/C20H29N7O2.2ClH/c1-12-7-8-14-13(11-12)17(27-18(24-14)19(28)23-9-10-29-2)25-15-5-3-4-6-16(15)26-20(21)22;;/h7-8,11,15-16H,3-6,9-10H2,1-2H3,(H,23,28)(H4,21,22,26)(H,24,25,27);2*1H/t15-,16+;;/m0../s1. The second-order valence-corrected chi connectivity index (χ2v) is 7.36. The quantitative estimate of drug-likeness (QED) is 0.237. The molecule has 1 aromatic heterocycles. The summed E-state index contributed by atoms with van der Waals surface area (Å²) < 4.78 is 4.98. The zero-order valence-corrected chi connectivity index (χ0v) is 19.4. The Kier molecular flexibility index (Phi) is 10.7. The molecule has 1 heterocycles. The van der Waals surface area contributed by atoms with Crippen LogP contribution in [0.5, 0.6) is 0 Å². The minimum atomic E-state index is -0.338. The number of nitrogens with zero attached hydrogens (tertiary/aromatic N) is 2.